The lowest BCUT2D eigenvalue weighted by Gasteiger charge is -2.28. The maximum Gasteiger partial charge on any atom is 0.0934 e. The standard InChI is InChI=1S/C11H17ClO/c1-11(2,3)10(7-12)6-9-4-5-13-8-9/h4-5,8,10H,6-7H2,1-3H3. The Hall–Kier alpha value is -0.430. The van der Waals surface area contributed by atoms with E-state index in [1.807, 2.05) is 6.07 Å². The van der Waals surface area contributed by atoms with E-state index < -0.39 is 0 Å². The summed E-state index contributed by atoms with van der Waals surface area (Å²) in [5.74, 6) is 1.21. The predicted octanol–water partition coefficient (Wildman–Crippen LogP) is 3.72. The first-order valence-electron chi connectivity index (χ1n) is 4.61. The molecule has 0 aliphatic carbocycles. The van der Waals surface area contributed by atoms with Gasteiger partial charge in [0, 0.05) is 5.88 Å². The lowest BCUT2D eigenvalue weighted by molar-refractivity contribution is 0.263. The third kappa shape index (κ3) is 3.07. The predicted molar refractivity (Wildman–Crippen MR) is 56.1 cm³/mol. The minimum atomic E-state index is 0.263. The van der Waals surface area contributed by atoms with Crippen molar-refractivity contribution in [2.24, 2.45) is 11.3 Å². The maximum absolute atomic E-state index is 5.94. The highest BCUT2D eigenvalue weighted by Gasteiger charge is 2.23. The zero-order valence-electron chi connectivity index (χ0n) is 8.51. The van der Waals surface area contributed by atoms with E-state index in [0.717, 1.165) is 6.42 Å². The zero-order chi connectivity index (χ0) is 9.90. The first-order chi connectivity index (χ1) is 6.04. The Morgan fingerprint density at radius 3 is 2.54 bits per heavy atom. The fraction of sp³-hybridized carbons (Fsp3) is 0.636. The van der Waals surface area contributed by atoms with Crippen molar-refractivity contribution in [2.75, 3.05) is 5.88 Å². The highest BCUT2D eigenvalue weighted by molar-refractivity contribution is 6.18. The largest absolute Gasteiger partial charge is 0.472 e. The van der Waals surface area contributed by atoms with Crippen LogP contribution in [0.4, 0.5) is 0 Å². The van der Waals surface area contributed by atoms with Crippen LogP contribution in [0.25, 0.3) is 0 Å². The van der Waals surface area contributed by atoms with Gasteiger partial charge in [0.2, 0.25) is 0 Å². The van der Waals surface area contributed by atoms with Gasteiger partial charge in [-0.1, -0.05) is 20.8 Å². The summed E-state index contributed by atoms with van der Waals surface area (Å²) in [6.45, 7) is 6.67. The van der Waals surface area contributed by atoms with Crippen LogP contribution in [0.15, 0.2) is 23.0 Å². The van der Waals surface area contributed by atoms with Crippen LogP contribution in [0, 0.1) is 11.3 Å². The number of rotatable bonds is 3. The summed E-state index contributed by atoms with van der Waals surface area (Å²) >= 11 is 5.94. The Morgan fingerprint density at radius 2 is 2.15 bits per heavy atom. The molecule has 0 bridgehead atoms. The second-order valence-corrected chi connectivity index (χ2v) is 4.86. The zero-order valence-corrected chi connectivity index (χ0v) is 9.27. The van der Waals surface area contributed by atoms with Gasteiger partial charge in [0.25, 0.3) is 0 Å². The van der Waals surface area contributed by atoms with Crippen molar-refractivity contribution in [1.82, 2.24) is 0 Å². The molecule has 0 N–H and O–H groups in total. The summed E-state index contributed by atoms with van der Waals surface area (Å²) in [7, 11) is 0. The van der Waals surface area contributed by atoms with Crippen molar-refractivity contribution in [3.8, 4) is 0 Å². The molecule has 1 nitrogen and oxygen atoms in total. The molecule has 0 aliphatic heterocycles. The molecule has 0 fully saturated rings. The molecule has 0 aromatic carbocycles. The summed E-state index contributed by atoms with van der Waals surface area (Å²) in [6.07, 6.45) is 4.51. The smallest absolute Gasteiger partial charge is 0.0934 e. The molecule has 0 saturated carbocycles. The normalized spacial score (nSPS) is 14.5. The SMILES string of the molecule is CC(C)(C)C(CCl)Cc1ccoc1. The summed E-state index contributed by atoms with van der Waals surface area (Å²) < 4.78 is 5.03. The number of alkyl halides is 1. The van der Waals surface area contributed by atoms with Crippen LogP contribution in [0.1, 0.15) is 26.3 Å². The lowest BCUT2D eigenvalue weighted by atomic mass is 9.79. The fourth-order valence-corrected chi connectivity index (χ4v) is 1.86. The Balaban J connectivity index is 2.60. The van der Waals surface area contributed by atoms with Gasteiger partial charge < -0.3 is 4.42 Å². The van der Waals surface area contributed by atoms with Crippen LogP contribution >= 0.6 is 11.6 Å². The van der Waals surface area contributed by atoms with E-state index in [1.165, 1.54) is 5.56 Å². The van der Waals surface area contributed by atoms with E-state index in [2.05, 4.69) is 20.8 Å². The molecular formula is C11H17ClO. The van der Waals surface area contributed by atoms with Crippen molar-refractivity contribution in [2.45, 2.75) is 27.2 Å². The van der Waals surface area contributed by atoms with Crippen LogP contribution in [0.3, 0.4) is 0 Å². The topological polar surface area (TPSA) is 13.1 Å². The van der Waals surface area contributed by atoms with Gasteiger partial charge in [-0.3, -0.25) is 0 Å². The third-order valence-corrected chi connectivity index (χ3v) is 2.85. The van der Waals surface area contributed by atoms with Crippen LogP contribution in [-0.4, -0.2) is 5.88 Å². The van der Waals surface area contributed by atoms with Crippen LogP contribution < -0.4 is 0 Å². The van der Waals surface area contributed by atoms with E-state index in [0.29, 0.717) is 11.8 Å². The molecule has 1 aromatic heterocycles. The molecule has 0 aliphatic rings. The average Bonchev–Trinajstić information content (AvgIpc) is 2.49. The molecule has 1 unspecified atom stereocenters. The Bertz CT molecular complexity index is 233. The van der Waals surface area contributed by atoms with Gasteiger partial charge in [0.15, 0.2) is 0 Å². The molecule has 0 radical (unpaired) electrons. The maximum atomic E-state index is 5.94. The molecule has 74 valence electrons. The molecule has 1 atom stereocenters. The monoisotopic (exact) mass is 200 g/mol. The molecule has 0 saturated heterocycles. The Labute approximate surface area is 85.1 Å². The third-order valence-electron chi connectivity index (χ3n) is 2.47. The van der Waals surface area contributed by atoms with Crippen molar-refractivity contribution in [3.05, 3.63) is 24.2 Å². The van der Waals surface area contributed by atoms with E-state index in [4.69, 9.17) is 16.0 Å². The van der Waals surface area contributed by atoms with Crippen molar-refractivity contribution in [1.29, 1.82) is 0 Å². The minimum Gasteiger partial charge on any atom is -0.472 e. The lowest BCUT2D eigenvalue weighted by Crippen LogP contribution is -2.23. The minimum absolute atomic E-state index is 0.263. The second kappa shape index (κ2) is 4.19. The van der Waals surface area contributed by atoms with Gasteiger partial charge in [-0.05, 0) is 29.4 Å². The average molecular weight is 201 g/mol. The molecular weight excluding hydrogens is 184 g/mol. The summed E-state index contributed by atoms with van der Waals surface area (Å²) in [6, 6.07) is 2.01. The number of halogens is 1. The second-order valence-electron chi connectivity index (χ2n) is 4.55. The van der Waals surface area contributed by atoms with Crippen molar-refractivity contribution >= 4 is 11.6 Å². The van der Waals surface area contributed by atoms with Gasteiger partial charge in [0.1, 0.15) is 0 Å². The van der Waals surface area contributed by atoms with E-state index >= 15 is 0 Å². The van der Waals surface area contributed by atoms with Gasteiger partial charge in [-0.15, -0.1) is 11.6 Å². The first kappa shape index (κ1) is 10.6. The molecule has 13 heavy (non-hydrogen) atoms. The van der Waals surface area contributed by atoms with Crippen molar-refractivity contribution in [3.63, 3.8) is 0 Å². The molecule has 1 rings (SSSR count). The van der Waals surface area contributed by atoms with E-state index in [1.54, 1.807) is 12.5 Å². The summed E-state index contributed by atoms with van der Waals surface area (Å²) in [5, 5.41) is 0. The fourth-order valence-electron chi connectivity index (χ4n) is 1.29. The van der Waals surface area contributed by atoms with Gasteiger partial charge in [0.05, 0.1) is 12.5 Å². The Morgan fingerprint density at radius 1 is 1.46 bits per heavy atom. The van der Waals surface area contributed by atoms with Gasteiger partial charge in [-0.2, -0.15) is 0 Å². The highest BCUT2D eigenvalue weighted by atomic mass is 35.5. The van der Waals surface area contributed by atoms with Crippen molar-refractivity contribution < 1.29 is 4.42 Å². The summed E-state index contributed by atoms with van der Waals surface area (Å²) in [5.41, 5.74) is 1.50. The van der Waals surface area contributed by atoms with Crippen LogP contribution in [0.2, 0.25) is 0 Å². The molecule has 2 heteroatoms. The Kier molecular flexibility index (Phi) is 3.43. The highest BCUT2D eigenvalue weighted by Crippen LogP contribution is 2.30. The quantitative estimate of drug-likeness (QED) is 0.678. The number of furan rings is 1. The molecule has 0 spiro atoms. The van der Waals surface area contributed by atoms with Gasteiger partial charge >= 0.3 is 0 Å². The number of hydrogen-bond acceptors (Lipinski definition) is 1. The summed E-state index contributed by atoms with van der Waals surface area (Å²) in [4.78, 5) is 0. The van der Waals surface area contributed by atoms with Gasteiger partial charge in [-0.25, -0.2) is 0 Å². The molecule has 1 aromatic rings. The molecule has 1 heterocycles. The first-order valence-corrected chi connectivity index (χ1v) is 5.14. The van der Waals surface area contributed by atoms with Crippen LogP contribution in [-0.2, 0) is 6.42 Å². The number of hydrogen-bond donors (Lipinski definition) is 0. The van der Waals surface area contributed by atoms with Crippen LogP contribution in [0.5, 0.6) is 0 Å². The molecule has 0 amide bonds. The van der Waals surface area contributed by atoms with E-state index in [9.17, 15) is 0 Å². The van der Waals surface area contributed by atoms with E-state index in [-0.39, 0.29) is 5.41 Å².